The van der Waals surface area contributed by atoms with Gasteiger partial charge in [0, 0.05) is 29.4 Å². The molecule has 0 atom stereocenters. The summed E-state index contributed by atoms with van der Waals surface area (Å²) < 4.78 is 0. The van der Waals surface area contributed by atoms with Crippen LogP contribution in [0.5, 0.6) is 0 Å². The third-order valence-corrected chi connectivity index (χ3v) is 4.56. The second-order valence-corrected chi connectivity index (χ2v) is 6.80. The molecule has 7 heteroatoms. The summed E-state index contributed by atoms with van der Waals surface area (Å²) in [5.74, 6) is 0.0341. The number of pyridine rings is 2. The van der Waals surface area contributed by atoms with Crippen molar-refractivity contribution in [2.24, 2.45) is 5.92 Å². The molecule has 142 valence electrons. The van der Waals surface area contributed by atoms with Crippen LogP contribution in [0.3, 0.4) is 0 Å². The molecule has 0 saturated heterocycles. The molecule has 1 saturated carbocycles. The Morgan fingerprint density at radius 2 is 1.79 bits per heavy atom. The van der Waals surface area contributed by atoms with E-state index >= 15 is 0 Å². The van der Waals surface area contributed by atoms with Crippen molar-refractivity contribution >= 4 is 23.3 Å². The van der Waals surface area contributed by atoms with Crippen LogP contribution in [-0.2, 0) is 4.79 Å². The minimum Gasteiger partial charge on any atom is -0.321 e. The van der Waals surface area contributed by atoms with Gasteiger partial charge in [-0.05, 0) is 48.7 Å². The summed E-state index contributed by atoms with van der Waals surface area (Å²) in [6.07, 6.45) is 6.53. The Balaban J connectivity index is 1.48. The fourth-order valence-corrected chi connectivity index (χ4v) is 2.82. The second-order valence-electron chi connectivity index (χ2n) is 6.80. The van der Waals surface area contributed by atoms with Gasteiger partial charge in [0.2, 0.25) is 5.91 Å². The van der Waals surface area contributed by atoms with E-state index in [-0.39, 0.29) is 17.7 Å². The number of nitriles is 1. The summed E-state index contributed by atoms with van der Waals surface area (Å²) in [4.78, 5) is 32.8. The quantitative estimate of drug-likeness (QED) is 0.700. The summed E-state index contributed by atoms with van der Waals surface area (Å²) in [5.41, 5.74) is 3.21. The summed E-state index contributed by atoms with van der Waals surface area (Å²) in [6, 6.07) is 14.2. The Morgan fingerprint density at radius 1 is 1.00 bits per heavy atom. The Morgan fingerprint density at radius 3 is 2.52 bits per heavy atom. The highest BCUT2D eigenvalue weighted by Crippen LogP contribution is 2.30. The van der Waals surface area contributed by atoms with Crippen molar-refractivity contribution in [2.75, 3.05) is 10.6 Å². The number of benzene rings is 1. The van der Waals surface area contributed by atoms with Crippen LogP contribution in [0.25, 0.3) is 11.1 Å². The lowest BCUT2D eigenvalue weighted by Gasteiger charge is -2.09. The number of hydrogen-bond acceptors (Lipinski definition) is 5. The van der Waals surface area contributed by atoms with E-state index in [1.54, 1.807) is 36.7 Å². The molecule has 2 heterocycles. The molecule has 2 N–H and O–H groups in total. The normalized spacial score (nSPS) is 12.7. The second kappa shape index (κ2) is 7.90. The molecule has 0 radical (unpaired) electrons. The van der Waals surface area contributed by atoms with E-state index < -0.39 is 0 Å². The molecule has 1 aromatic carbocycles. The minimum absolute atomic E-state index is 0.0605. The van der Waals surface area contributed by atoms with E-state index in [2.05, 4.69) is 26.7 Å². The Hall–Kier alpha value is -4.05. The Bertz CT molecular complexity index is 1110. The van der Waals surface area contributed by atoms with E-state index in [1.165, 1.54) is 6.20 Å². The number of anilines is 2. The van der Waals surface area contributed by atoms with E-state index in [1.807, 2.05) is 18.2 Å². The standard InChI is InChI=1S/C22H17N5O2/c23-11-14-1-3-15(4-2-14)18-9-19(13-24-12-18)26-22(29)17-7-8-25-20(10-17)27-21(28)16-5-6-16/h1-4,7-10,12-13,16H,5-6H2,(H,26,29)(H,25,27,28). The average Bonchev–Trinajstić information content (AvgIpc) is 3.60. The third-order valence-electron chi connectivity index (χ3n) is 4.56. The molecule has 1 aliphatic rings. The van der Waals surface area contributed by atoms with Crippen molar-refractivity contribution in [1.29, 1.82) is 5.26 Å². The van der Waals surface area contributed by atoms with Gasteiger partial charge in [0.15, 0.2) is 0 Å². The Labute approximate surface area is 167 Å². The molecule has 29 heavy (non-hydrogen) atoms. The molecule has 1 fully saturated rings. The van der Waals surface area contributed by atoms with Gasteiger partial charge in [-0.25, -0.2) is 4.98 Å². The highest BCUT2D eigenvalue weighted by atomic mass is 16.2. The zero-order chi connectivity index (χ0) is 20.2. The minimum atomic E-state index is -0.326. The van der Waals surface area contributed by atoms with Crippen LogP contribution in [0.1, 0.15) is 28.8 Å². The van der Waals surface area contributed by atoms with Crippen molar-refractivity contribution in [1.82, 2.24) is 9.97 Å². The maximum absolute atomic E-state index is 12.6. The monoisotopic (exact) mass is 383 g/mol. The number of carbonyl (C=O) groups is 2. The van der Waals surface area contributed by atoms with Crippen molar-refractivity contribution in [2.45, 2.75) is 12.8 Å². The number of carbonyl (C=O) groups excluding carboxylic acids is 2. The van der Waals surface area contributed by atoms with Gasteiger partial charge < -0.3 is 10.6 Å². The molecule has 4 rings (SSSR count). The topological polar surface area (TPSA) is 108 Å². The van der Waals surface area contributed by atoms with E-state index in [9.17, 15) is 9.59 Å². The van der Waals surface area contributed by atoms with Gasteiger partial charge in [-0.1, -0.05) is 12.1 Å². The van der Waals surface area contributed by atoms with Crippen LogP contribution >= 0.6 is 0 Å². The van der Waals surface area contributed by atoms with E-state index in [0.29, 0.717) is 22.6 Å². The fourth-order valence-electron chi connectivity index (χ4n) is 2.82. The molecular formula is C22H17N5O2. The number of nitrogens with zero attached hydrogens (tertiary/aromatic N) is 3. The largest absolute Gasteiger partial charge is 0.321 e. The first-order chi connectivity index (χ1) is 14.1. The predicted molar refractivity (Wildman–Crippen MR) is 108 cm³/mol. The first-order valence-electron chi connectivity index (χ1n) is 9.16. The van der Waals surface area contributed by atoms with Gasteiger partial charge in [0.05, 0.1) is 23.5 Å². The summed E-state index contributed by atoms with van der Waals surface area (Å²) in [5, 5.41) is 14.5. The molecular weight excluding hydrogens is 366 g/mol. The lowest BCUT2D eigenvalue weighted by atomic mass is 10.1. The predicted octanol–water partition coefficient (Wildman–Crippen LogP) is 3.62. The van der Waals surface area contributed by atoms with Crippen LogP contribution in [0.15, 0.2) is 61.1 Å². The highest BCUT2D eigenvalue weighted by Gasteiger charge is 2.29. The number of aromatic nitrogens is 2. The van der Waals surface area contributed by atoms with Gasteiger partial charge in [-0.15, -0.1) is 0 Å². The molecule has 7 nitrogen and oxygen atoms in total. The lowest BCUT2D eigenvalue weighted by Crippen LogP contribution is -2.16. The molecule has 2 aromatic heterocycles. The van der Waals surface area contributed by atoms with E-state index in [0.717, 1.165) is 24.0 Å². The molecule has 0 aliphatic heterocycles. The molecule has 3 aromatic rings. The van der Waals surface area contributed by atoms with Crippen LogP contribution in [0.2, 0.25) is 0 Å². The zero-order valence-corrected chi connectivity index (χ0v) is 15.4. The van der Waals surface area contributed by atoms with E-state index in [4.69, 9.17) is 5.26 Å². The van der Waals surface area contributed by atoms with Crippen LogP contribution in [0.4, 0.5) is 11.5 Å². The number of nitrogens with one attached hydrogen (secondary N) is 2. The third kappa shape index (κ3) is 4.45. The van der Waals surface area contributed by atoms with Gasteiger partial charge in [-0.2, -0.15) is 5.26 Å². The number of rotatable bonds is 5. The molecule has 2 amide bonds. The molecule has 0 unspecified atom stereocenters. The van der Waals surface area contributed by atoms with Gasteiger partial charge in [0.1, 0.15) is 5.82 Å². The zero-order valence-electron chi connectivity index (χ0n) is 15.4. The average molecular weight is 383 g/mol. The first kappa shape index (κ1) is 18.3. The maximum atomic E-state index is 12.6. The van der Waals surface area contributed by atoms with Crippen molar-refractivity contribution in [3.05, 3.63) is 72.2 Å². The first-order valence-corrected chi connectivity index (χ1v) is 9.16. The van der Waals surface area contributed by atoms with Crippen LogP contribution in [0, 0.1) is 17.2 Å². The smallest absolute Gasteiger partial charge is 0.255 e. The number of amides is 2. The summed E-state index contributed by atoms with van der Waals surface area (Å²) in [6.45, 7) is 0. The van der Waals surface area contributed by atoms with Crippen molar-refractivity contribution in [3.63, 3.8) is 0 Å². The van der Waals surface area contributed by atoms with Crippen molar-refractivity contribution < 1.29 is 9.59 Å². The maximum Gasteiger partial charge on any atom is 0.255 e. The Kier molecular flexibility index (Phi) is 4.99. The van der Waals surface area contributed by atoms with Crippen LogP contribution < -0.4 is 10.6 Å². The summed E-state index contributed by atoms with van der Waals surface area (Å²) in [7, 11) is 0. The van der Waals surface area contributed by atoms with Crippen LogP contribution in [-0.4, -0.2) is 21.8 Å². The lowest BCUT2D eigenvalue weighted by molar-refractivity contribution is -0.117. The molecule has 0 bridgehead atoms. The van der Waals surface area contributed by atoms with Gasteiger partial charge >= 0.3 is 0 Å². The molecule has 0 spiro atoms. The fraction of sp³-hybridized carbons (Fsp3) is 0.136. The van der Waals surface area contributed by atoms with Gasteiger partial charge in [-0.3, -0.25) is 14.6 Å². The summed E-state index contributed by atoms with van der Waals surface area (Å²) >= 11 is 0. The highest BCUT2D eigenvalue weighted by molar-refractivity contribution is 6.05. The van der Waals surface area contributed by atoms with Crippen molar-refractivity contribution in [3.8, 4) is 17.2 Å². The number of hydrogen-bond donors (Lipinski definition) is 2. The SMILES string of the molecule is N#Cc1ccc(-c2cncc(NC(=O)c3ccnc(NC(=O)C4CC4)c3)c2)cc1. The molecule has 1 aliphatic carbocycles. The van der Waals surface area contributed by atoms with Gasteiger partial charge in [0.25, 0.3) is 5.91 Å².